The second-order valence-electron chi connectivity index (χ2n) is 7.93. The topological polar surface area (TPSA) is 129 Å². The number of carbonyl (C=O) groups is 4. The predicted molar refractivity (Wildman–Crippen MR) is 131 cm³/mol. The van der Waals surface area contributed by atoms with Crippen LogP contribution in [0.4, 0.5) is 38.1 Å². The van der Waals surface area contributed by atoms with E-state index >= 15 is 0 Å². The fourth-order valence-electron chi connectivity index (χ4n) is 3.38. The molecule has 0 radical (unpaired) electrons. The molecular formula is C22H21ClF5N5O5S. The first-order valence-electron chi connectivity index (χ1n) is 11.1. The third kappa shape index (κ3) is 8.49. The van der Waals surface area contributed by atoms with Gasteiger partial charge in [0.05, 0.1) is 33.6 Å². The van der Waals surface area contributed by atoms with Crippen LogP contribution in [0.15, 0.2) is 30.3 Å². The molecule has 0 spiro atoms. The smallest absolute Gasteiger partial charge is 0.370 e. The maximum atomic E-state index is 13.8. The number of halogens is 6. The Morgan fingerprint density at radius 2 is 1.85 bits per heavy atom. The number of morpholine rings is 1. The minimum Gasteiger partial charge on any atom is -0.370 e. The van der Waals surface area contributed by atoms with Crippen molar-refractivity contribution in [3.8, 4) is 0 Å². The van der Waals surface area contributed by atoms with E-state index in [1.807, 2.05) is 5.32 Å². The number of nitrogens with zero attached hydrogens (tertiary/aromatic N) is 1. The number of urea groups is 1. The zero-order valence-corrected chi connectivity index (χ0v) is 21.3. The van der Waals surface area contributed by atoms with Gasteiger partial charge >= 0.3 is 12.2 Å². The molecule has 0 unspecified atom stereocenters. The number of hydrogen-bond acceptors (Lipinski definition) is 6. The summed E-state index contributed by atoms with van der Waals surface area (Å²) in [6, 6.07) is 2.81. The molecule has 39 heavy (non-hydrogen) atoms. The van der Waals surface area contributed by atoms with Gasteiger partial charge in [0.1, 0.15) is 12.6 Å². The van der Waals surface area contributed by atoms with Crippen molar-refractivity contribution in [3.63, 3.8) is 0 Å². The van der Waals surface area contributed by atoms with Crippen molar-refractivity contribution in [2.45, 2.75) is 18.6 Å². The van der Waals surface area contributed by atoms with E-state index in [2.05, 4.69) is 16.0 Å². The maximum Gasteiger partial charge on any atom is 0.418 e. The van der Waals surface area contributed by atoms with Crippen LogP contribution in [0.2, 0.25) is 4.34 Å². The summed E-state index contributed by atoms with van der Waals surface area (Å²) in [5.41, 5.74) is -1.98. The first-order valence-corrected chi connectivity index (χ1v) is 12.3. The van der Waals surface area contributed by atoms with Crippen molar-refractivity contribution in [1.82, 2.24) is 16.0 Å². The second-order valence-corrected chi connectivity index (χ2v) is 9.64. The minimum atomic E-state index is -4.91. The Morgan fingerprint density at radius 3 is 2.46 bits per heavy atom. The number of anilines is 2. The second kappa shape index (κ2) is 13.0. The van der Waals surface area contributed by atoms with Crippen LogP contribution in [0.5, 0.6) is 0 Å². The summed E-state index contributed by atoms with van der Waals surface area (Å²) >= 11 is 6.72. The van der Waals surface area contributed by atoms with Crippen molar-refractivity contribution in [2.24, 2.45) is 0 Å². The molecule has 17 heteroatoms. The summed E-state index contributed by atoms with van der Waals surface area (Å²) in [5.74, 6) is -2.40. The molecule has 1 aliphatic heterocycles. The number of benzene rings is 1. The van der Waals surface area contributed by atoms with Gasteiger partial charge in [-0.25, -0.2) is 13.6 Å². The molecule has 3 rings (SSSR count). The van der Waals surface area contributed by atoms with Gasteiger partial charge in [-0.2, -0.15) is 13.2 Å². The molecule has 0 bridgehead atoms. The molecule has 1 saturated heterocycles. The van der Waals surface area contributed by atoms with Crippen molar-refractivity contribution in [2.75, 3.05) is 43.1 Å². The Hall–Kier alpha value is -3.50. The predicted octanol–water partition coefficient (Wildman–Crippen LogP) is 3.08. The van der Waals surface area contributed by atoms with Crippen molar-refractivity contribution in [1.29, 1.82) is 0 Å². The quantitative estimate of drug-likeness (QED) is 0.330. The average molecular weight is 598 g/mol. The lowest BCUT2D eigenvalue weighted by Crippen LogP contribution is -2.53. The first kappa shape index (κ1) is 30.0. The van der Waals surface area contributed by atoms with E-state index < -0.39 is 66.7 Å². The molecule has 1 atom stereocenters. The van der Waals surface area contributed by atoms with Crippen LogP contribution in [-0.2, 0) is 20.5 Å². The summed E-state index contributed by atoms with van der Waals surface area (Å²) in [5, 5.41) is 8.50. The van der Waals surface area contributed by atoms with Crippen LogP contribution in [0.1, 0.15) is 15.2 Å². The van der Waals surface area contributed by atoms with Gasteiger partial charge in [0.2, 0.25) is 5.91 Å². The summed E-state index contributed by atoms with van der Waals surface area (Å²) in [4.78, 5) is 50.4. The van der Waals surface area contributed by atoms with Gasteiger partial charge in [-0.3, -0.25) is 14.4 Å². The van der Waals surface area contributed by atoms with Crippen molar-refractivity contribution < 1.29 is 45.9 Å². The normalized spacial score (nSPS) is 14.6. The molecule has 0 aliphatic carbocycles. The number of thiophene rings is 1. The molecular weight excluding hydrogens is 577 g/mol. The third-order valence-corrected chi connectivity index (χ3v) is 6.38. The standard InChI is InChI=1S/C22H21ClF5N5O5S/c23-16-4-3-15(39-16)20(36)29-8-13(32-21(37)30-9-17(24)25)19(35)31-11-1-2-14(12(7-11)22(26,27)28)33-5-6-38-10-18(33)34/h1-4,7,13,17H,5-6,8-10H2,(H,29,36)(H,31,35)(H2,30,32,37)/t13-/m0/s1. The summed E-state index contributed by atoms with van der Waals surface area (Å²) < 4.78 is 71.6. The van der Waals surface area contributed by atoms with Gasteiger partial charge in [0.25, 0.3) is 18.2 Å². The highest BCUT2D eigenvalue weighted by molar-refractivity contribution is 7.18. The number of amides is 5. The third-order valence-electron chi connectivity index (χ3n) is 5.15. The molecule has 10 nitrogen and oxygen atoms in total. The molecule has 4 N–H and O–H groups in total. The molecule has 2 heterocycles. The fourth-order valence-corrected chi connectivity index (χ4v) is 4.34. The Morgan fingerprint density at radius 1 is 1.10 bits per heavy atom. The van der Waals surface area contributed by atoms with Crippen LogP contribution in [-0.4, -0.2) is 69.1 Å². The molecule has 1 aliphatic rings. The molecule has 0 saturated carbocycles. The molecule has 1 aromatic heterocycles. The fraction of sp³-hybridized carbons (Fsp3) is 0.364. The number of nitrogens with one attached hydrogen (secondary N) is 4. The Kier molecular flexibility index (Phi) is 10.0. The van der Waals surface area contributed by atoms with Gasteiger partial charge < -0.3 is 30.9 Å². The largest absolute Gasteiger partial charge is 0.418 e. The van der Waals surface area contributed by atoms with Crippen LogP contribution in [0, 0.1) is 0 Å². The van der Waals surface area contributed by atoms with Crippen molar-refractivity contribution >= 4 is 58.1 Å². The monoisotopic (exact) mass is 597 g/mol. The zero-order valence-electron chi connectivity index (χ0n) is 19.7. The molecule has 1 aromatic carbocycles. The average Bonchev–Trinajstić information content (AvgIpc) is 3.31. The van der Waals surface area contributed by atoms with E-state index in [-0.39, 0.29) is 30.3 Å². The van der Waals surface area contributed by atoms with Gasteiger partial charge in [0, 0.05) is 18.8 Å². The number of ether oxygens (including phenoxy) is 1. The van der Waals surface area contributed by atoms with Gasteiger partial charge in [-0.1, -0.05) is 11.6 Å². The van der Waals surface area contributed by atoms with Crippen LogP contribution in [0.25, 0.3) is 0 Å². The minimum absolute atomic E-state index is 0.0336. The maximum absolute atomic E-state index is 13.8. The molecule has 1 fully saturated rings. The molecule has 2 aromatic rings. The van der Waals surface area contributed by atoms with E-state index in [0.29, 0.717) is 10.4 Å². The molecule has 5 amide bonds. The van der Waals surface area contributed by atoms with E-state index in [1.54, 1.807) is 0 Å². The highest BCUT2D eigenvalue weighted by atomic mass is 35.5. The van der Waals surface area contributed by atoms with E-state index in [0.717, 1.165) is 28.4 Å². The highest BCUT2D eigenvalue weighted by Gasteiger charge is 2.37. The van der Waals surface area contributed by atoms with Crippen molar-refractivity contribution in [3.05, 3.63) is 45.1 Å². The van der Waals surface area contributed by atoms with Crippen LogP contribution in [0.3, 0.4) is 0 Å². The number of alkyl halides is 5. The van der Waals surface area contributed by atoms with E-state index in [4.69, 9.17) is 16.3 Å². The van der Waals surface area contributed by atoms with E-state index in [1.165, 1.54) is 12.1 Å². The lowest BCUT2D eigenvalue weighted by molar-refractivity contribution is -0.137. The lowest BCUT2D eigenvalue weighted by Gasteiger charge is -2.29. The van der Waals surface area contributed by atoms with Crippen LogP contribution >= 0.6 is 22.9 Å². The van der Waals surface area contributed by atoms with Gasteiger partial charge in [0.15, 0.2) is 0 Å². The molecule has 212 valence electrons. The summed E-state index contributed by atoms with van der Waals surface area (Å²) in [6.45, 7) is -2.04. The highest BCUT2D eigenvalue weighted by Crippen LogP contribution is 2.38. The number of carbonyl (C=O) groups excluding carboxylic acids is 4. The summed E-state index contributed by atoms with van der Waals surface area (Å²) in [7, 11) is 0. The van der Waals surface area contributed by atoms with Crippen LogP contribution < -0.4 is 26.2 Å². The SMILES string of the molecule is O=C(NCC(F)F)N[C@@H](CNC(=O)c1ccc(Cl)s1)C(=O)Nc1ccc(N2CCOCC2=O)c(C(F)(F)F)c1. The zero-order chi connectivity index (χ0) is 28.7. The number of rotatable bonds is 9. The van der Waals surface area contributed by atoms with Gasteiger partial charge in [-0.05, 0) is 30.3 Å². The van der Waals surface area contributed by atoms with Gasteiger partial charge in [-0.15, -0.1) is 11.3 Å². The first-order chi connectivity index (χ1) is 18.3. The Labute approximate surface area is 226 Å². The summed E-state index contributed by atoms with van der Waals surface area (Å²) in [6.07, 6.45) is -7.79. The Balaban J connectivity index is 1.79. The number of hydrogen-bond donors (Lipinski definition) is 4. The lowest BCUT2D eigenvalue weighted by atomic mass is 10.1. The van der Waals surface area contributed by atoms with E-state index in [9.17, 15) is 41.1 Å². The Bertz CT molecular complexity index is 1230.